The summed E-state index contributed by atoms with van der Waals surface area (Å²) in [6, 6.07) is 18.3. The normalized spacial score (nSPS) is 18.6. The monoisotopic (exact) mass is 655 g/mol. The molecular weight excluding hydrogens is 601 g/mol. The van der Waals surface area contributed by atoms with E-state index in [1.165, 1.54) is 16.7 Å². The molecule has 0 nitrogen and oxygen atoms in total. The third kappa shape index (κ3) is 4.81. The van der Waals surface area contributed by atoms with Gasteiger partial charge in [0.25, 0.3) is 0 Å². The average Bonchev–Trinajstić information content (AvgIpc) is 3.28. The number of hydrogen-bond donors (Lipinski definition) is 0. The molecule has 50 heavy (non-hydrogen) atoms. The fourth-order valence-corrected chi connectivity index (χ4v) is 8.10. The molecule has 0 unspecified atom stereocenters. The van der Waals surface area contributed by atoms with E-state index < -0.39 is 84.1 Å². The minimum Gasteiger partial charge on any atom is -0.0622 e. The first kappa shape index (κ1) is 19.7. The van der Waals surface area contributed by atoms with Crippen molar-refractivity contribution in [2.24, 2.45) is 0 Å². The molecule has 0 aliphatic heterocycles. The minimum absolute atomic E-state index is 0.0243. The first-order valence-electron chi connectivity index (χ1n) is 23.5. The van der Waals surface area contributed by atoms with Crippen molar-refractivity contribution < 1.29 is 17.8 Å². The van der Waals surface area contributed by atoms with Gasteiger partial charge >= 0.3 is 0 Å². The Balaban J connectivity index is 1.33. The van der Waals surface area contributed by atoms with E-state index in [9.17, 15) is 5.48 Å². The summed E-state index contributed by atoms with van der Waals surface area (Å²) >= 11 is 0. The van der Waals surface area contributed by atoms with Crippen LogP contribution in [-0.4, -0.2) is 0 Å². The summed E-state index contributed by atoms with van der Waals surface area (Å²) in [7, 11) is 0. The van der Waals surface area contributed by atoms with Gasteiger partial charge in [-0.25, -0.2) is 0 Å². The van der Waals surface area contributed by atoms with Crippen molar-refractivity contribution in [2.75, 3.05) is 0 Å². The van der Waals surface area contributed by atoms with Gasteiger partial charge in [0.15, 0.2) is 0 Å². The molecule has 0 saturated carbocycles. The molecule has 0 radical (unpaired) electrons. The van der Waals surface area contributed by atoms with Crippen molar-refractivity contribution in [3.63, 3.8) is 0 Å². The summed E-state index contributed by atoms with van der Waals surface area (Å²) in [5.41, 5.74) is 6.64. The van der Waals surface area contributed by atoms with Crippen LogP contribution in [0.5, 0.6) is 0 Å². The summed E-state index contributed by atoms with van der Waals surface area (Å²) in [5.74, 6) is 0. The molecule has 1 aliphatic carbocycles. The maximum Gasteiger partial charge on any atom is 0.0629 e. The van der Waals surface area contributed by atoms with Crippen LogP contribution < -0.4 is 0 Å². The van der Waals surface area contributed by atoms with Gasteiger partial charge in [0.1, 0.15) is 0 Å². The maximum atomic E-state index is 9.28. The van der Waals surface area contributed by atoms with Gasteiger partial charge < -0.3 is 0 Å². The Morgan fingerprint density at radius 1 is 0.400 bits per heavy atom. The highest BCUT2D eigenvalue weighted by molar-refractivity contribution is 6.21. The zero-order chi connectivity index (χ0) is 45.3. The standard InChI is InChI=1S/C50H42/c1-49(2)31-32-50(3,4)48-44(23-14-24-45(48)49)39-30-29-36(37-17-8-9-18-38(37)39)33-25-27-35(28-26-33)47-42-21-12-10-19-40(42)46(34-15-6-5-7-16-34)41-20-11-13-22-43(41)47/h5-30H,31-32H2,1-4H3/i5D,6D,7D,10D,11D,12D,13D,15D,16D,19D,20D,21D,22D. The lowest BCUT2D eigenvalue weighted by atomic mass is 9.61. The quantitative estimate of drug-likeness (QED) is 0.166. The van der Waals surface area contributed by atoms with Gasteiger partial charge in [0.2, 0.25) is 0 Å². The van der Waals surface area contributed by atoms with Crippen LogP contribution in [0.4, 0.5) is 0 Å². The molecule has 0 heteroatoms. The molecule has 9 rings (SSSR count). The van der Waals surface area contributed by atoms with Gasteiger partial charge in [-0.3, -0.25) is 0 Å². The summed E-state index contributed by atoms with van der Waals surface area (Å²) in [6.07, 6.45) is 2.18. The van der Waals surface area contributed by atoms with Crippen molar-refractivity contribution in [3.05, 3.63) is 169 Å². The molecule has 0 saturated heterocycles. The lowest BCUT2D eigenvalue weighted by Crippen LogP contribution is -2.34. The zero-order valence-corrected chi connectivity index (χ0v) is 28.4. The number of benzene rings is 8. The van der Waals surface area contributed by atoms with E-state index in [1.54, 1.807) is 12.1 Å². The fourth-order valence-electron chi connectivity index (χ4n) is 8.10. The topological polar surface area (TPSA) is 0 Å². The minimum atomic E-state index is -0.704. The summed E-state index contributed by atoms with van der Waals surface area (Å²) in [4.78, 5) is 0. The van der Waals surface area contributed by atoms with E-state index in [0.717, 1.165) is 40.3 Å². The molecule has 0 fully saturated rings. The summed E-state index contributed by atoms with van der Waals surface area (Å²) in [6.45, 7) is 9.30. The molecular formula is C50H42. The molecule has 0 bridgehead atoms. The zero-order valence-electron chi connectivity index (χ0n) is 41.4. The van der Waals surface area contributed by atoms with Crippen molar-refractivity contribution in [1.82, 2.24) is 0 Å². The van der Waals surface area contributed by atoms with Crippen molar-refractivity contribution in [1.29, 1.82) is 0 Å². The van der Waals surface area contributed by atoms with E-state index >= 15 is 0 Å². The molecule has 8 aromatic carbocycles. The van der Waals surface area contributed by atoms with Crippen LogP contribution in [0.25, 0.3) is 76.8 Å². The first-order valence-corrected chi connectivity index (χ1v) is 17.0. The predicted octanol–water partition coefficient (Wildman–Crippen LogP) is 14.2. The van der Waals surface area contributed by atoms with Crippen LogP contribution in [-0.2, 0) is 10.8 Å². The lowest BCUT2D eigenvalue weighted by molar-refractivity contribution is 0.333. The first-order chi connectivity index (χ1) is 29.7. The second-order valence-electron chi connectivity index (χ2n) is 14.5. The Labute approximate surface area is 314 Å². The lowest BCUT2D eigenvalue weighted by Gasteiger charge is -2.43. The highest BCUT2D eigenvalue weighted by atomic mass is 14.4. The van der Waals surface area contributed by atoms with Gasteiger partial charge in [-0.05, 0) is 112 Å². The van der Waals surface area contributed by atoms with E-state index in [4.69, 9.17) is 12.3 Å². The van der Waals surface area contributed by atoms with Gasteiger partial charge in [0.05, 0.1) is 17.8 Å². The van der Waals surface area contributed by atoms with E-state index in [-0.39, 0.29) is 43.5 Å². The van der Waals surface area contributed by atoms with Gasteiger partial charge in [0, 0.05) is 0 Å². The van der Waals surface area contributed by atoms with Crippen LogP contribution in [0.1, 0.15) is 69.5 Å². The Hall–Kier alpha value is -5.46. The SMILES string of the molecule is [2H]c1c([2H])c([2H])c(-c2c3c([2H])c([2H])c([2H])c([2H])c3c(-c3ccc(-c4ccc(-c5cccc6c5C(C)(C)CCC6(C)C)c5ccccc45)cc3)c3c([2H])c([2H])c([2H])c([2H])c23)c([2H])c1[2H]. The average molecular weight is 656 g/mol. The third-order valence-corrected chi connectivity index (χ3v) is 10.7. The van der Waals surface area contributed by atoms with Crippen LogP contribution in [0.2, 0.25) is 0 Å². The molecule has 0 spiro atoms. The van der Waals surface area contributed by atoms with Crippen molar-refractivity contribution >= 4 is 32.3 Å². The molecule has 0 N–H and O–H groups in total. The fraction of sp³-hybridized carbons (Fsp3) is 0.160. The highest BCUT2D eigenvalue weighted by Crippen LogP contribution is 2.51. The van der Waals surface area contributed by atoms with Gasteiger partial charge in [-0.15, -0.1) is 0 Å². The van der Waals surface area contributed by atoms with Crippen LogP contribution in [0, 0.1) is 0 Å². The molecule has 8 aromatic rings. The van der Waals surface area contributed by atoms with E-state index in [2.05, 4.69) is 70.2 Å². The van der Waals surface area contributed by atoms with Crippen LogP contribution >= 0.6 is 0 Å². The molecule has 0 aromatic heterocycles. The number of rotatable bonds is 4. The third-order valence-electron chi connectivity index (χ3n) is 10.7. The highest BCUT2D eigenvalue weighted by Gasteiger charge is 2.38. The Morgan fingerprint density at radius 2 is 0.900 bits per heavy atom. The molecule has 0 atom stereocenters. The second-order valence-corrected chi connectivity index (χ2v) is 14.5. The van der Waals surface area contributed by atoms with Crippen LogP contribution in [0.15, 0.2) is 157 Å². The Kier molecular flexibility index (Phi) is 4.55. The second kappa shape index (κ2) is 11.6. The van der Waals surface area contributed by atoms with E-state index in [0.29, 0.717) is 5.56 Å². The Morgan fingerprint density at radius 3 is 1.52 bits per heavy atom. The largest absolute Gasteiger partial charge is 0.0629 e. The van der Waals surface area contributed by atoms with Crippen molar-refractivity contribution in [3.8, 4) is 44.5 Å². The van der Waals surface area contributed by atoms with Crippen LogP contribution in [0.3, 0.4) is 0 Å². The molecule has 242 valence electrons. The predicted molar refractivity (Wildman–Crippen MR) is 216 cm³/mol. The smallest absolute Gasteiger partial charge is 0.0622 e. The van der Waals surface area contributed by atoms with E-state index in [1.807, 2.05) is 24.3 Å². The van der Waals surface area contributed by atoms with Gasteiger partial charge in [-0.1, -0.05) is 185 Å². The molecule has 0 amide bonds. The number of hydrogen-bond acceptors (Lipinski definition) is 0. The Bertz CT molecular complexity index is 3200. The molecule has 1 aliphatic rings. The molecule has 0 heterocycles. The summed E-state index contributed by atoms with van der Waals surface area (Å²) < 4.78 is 115. The van der Waals surface area contributed by atoms with Crippen molar-refractivity contribution in [2.45, 2.75) is 51.4 Å². The maximum absolute atomic E-state index is 9.28. The number of fused-ring (bicyclic) bond motifs is 4. The van der Waals surface area contributed by atoms with Gasteiger partial charge in [-0.2, -0.15) is 0 Å². The summed E-state index contributed by atoms with van der Waals surface area (Å²) in [5, 5.41) is 1.43.